The van der Waals surface area contributed by atoms with E-state index in [9.17, 15) is 22.8 Å². The predicted molar refractivity (Wildman–Crippen MR) is 101 cm³/mol. The number of nitrogens with zero attached hydrogens (tertiary/aromatic N) is 2. The highest BCUT2D eigenvalue weighted by molar-refractivity contribution is 6.30. The molecule has 2 amide bonds. The Kier molecular flexibility index (Phi) is 6.32. The molecule has 5 nitrogen and oxygen atoms in total. The van der Waals surface area contributed by atoms with Crippen LogP contribution in [0.25, 0.3) is 0 Å². The molecular weight excluding hydrogens is 409 g/mol. The molecule has 0 bridgehead atoms. The van der Waals surface area contributed by atoms with Crippen molar-refractivity contribution in [1.29, 1.82) is 0 Å². The Bertz CT molecular complexity index is 879. The highest BCUT2D eigenvalue weighted by Gasteiger charge is 2.31. The number of amides is 2. The summed E-state index contributed by atoms with van der Waals surface area (Å²) in [6.07, 6.45) is -4.44. The molecule has 0 N–H and O–H groups in total. The molecule has 1 aliphatic heterocycles. The van der Waals surface area contributed by atoms with Crippen molar-refractivity contribution in [2.45, 2.75) is 6.18 Å². The fourth-order valence-corrected chi connectivity index (χ4v) is 3.12. The monoisotopic (exact) mass is 426 g/mol. The van der Waals surface area contributed by atoms with Crippen LogP contribution in [0, 0.1) is 0 Å². The first-order valence-corrected chi connectivity index (χ1v) is 9.24. The summed E-state index contributed by atoms with van der Waals surface area (Å²) in [4.78, 5) is 27.9. The van der Waals surface area contributed by atoms with E-state index in [-0.39, 0.29) is 24.0 Å². The van der Waals surface area contributed by atoms with Gasteiger partial charge in [-0.3, -0.25) is 9.59 Å². The molecule has 1 aliphatic rings. The molecule has 2 aromatic carbocycles. The van der Waals surface area contributed by atoms with Crippen LogP contribution in [0.5, 0.6) is 5.75 Å². The zero-order chi connectivity index (χ0) is 21.0. The lowest BCUT2D eigenvalue weighted by molar-refractivity contribution is -0.137. The summed E-state index contributed by atoms with van der Waals surface area (Å²) in [6.45, 7) is 1.09. The van der Waals surface area contributed by atoms with Gasteiger partial charge in [0.15, 0.2) is 6.61 Å². The van der Waals surface area contributed by atoms with Crippen molar-refractivity contribution in [2.24, 2.45) is 0 Å². The number of benzene rings is 2. The number of alkyl halides is 3. The second-order valence-electron chi connectivity index (χ2n) is 6.49. The van der Waals surface area contributed by atoms with Gasteiger partial charge in [-0.25, -0.2) is 0 Å². The Balaban J connectivity index is 1.50. The largest absolute Gasteiger partial charge is 0.484 e. The number of carbonyl (C=O) groups excluding carboxylic acids is 2. The van der Waals surface area contributed by atoms with Gasteiger partial charge in [0.05, 0.1) is 5.56 Å². The molecule has 0 unspecified atom stereocenters. The van der Waals surface area contributed by atoms with Gasteiger partial charge in [-0.2, -0.15) is 13.2 Å². The van der Waals surface area contributed by atoms with Crippen LogP contribution in [0.15, 0.2) is 48.5 Å². The quantitative estimate of drug-likeness (QED) is 0.748. The van der Waals surface area contributed by atoms with Crippen molar-refractivity contribution in [3.05, 3.63) is 64.7 Å². The molecule has 0 spiro atoms. The second-order valence-corrected chi connectivity index (χ2v) is 6.93. The SMILES string of the molecule is O=C(COc1cccc(Cl)c1)N1CCN(C(=O)c2ccc(C(F)(F)F)cc2)CC1. The van der Waals surface area contributed by atoms with E-state index >= 15 is 0 Å². The Labute approximate surface area is 170 Å². The summed E-state index contributed by atoms with van der Waals surface area (Å²) in [5.74, 6) is -0.0884. The molecule has 0 aliphatic carbocycles. The van der Waals surface area contributed by atoms with Crippen molar-refractivity contribution in [3.8, 4) is 5.75 Å². The third kappa shape index (κ3) is 5.41. The van der Waals surface area contributed by atoms with Crippen LogP contribution in [-0.2, 0) is 11.0 Å². The van der Waals surface area contributed by atoms with Gasteiger partial charge in [0, 0.05) is 36.8 Å². The minimum absolute atomic E-state index is 0.146. The molecule has 0 atom stereocenters. The number of hydrogen-bond donors (Lipinski definition) is 0. The number of piperazine rings is 1. The summed E-state index contributed by atoms with van der Waals surface area (Å²) in [6, 6.07) is 10.8. The molecule has 0 radical (unpaired) electrons. The average molecular weight is 427 g/mol. The number of ether oxygens (including phenoxy) is 1. The van der Waals surface area contributed by atoms with Gasteiger partial charge in [-0.05, 0) is 42.5 Å². The van der Waals surface area contributed by atoms with Crippen LogP contribution in [0.1, 0.15) is 15.9 Å². The van der Waals surface area contributed by atoms with Crippen molar-refractivity contribution in [3.63, 3.8) is 0 Å². The minimum Gasteiger partial charge on any atom is -0.484 e. The normalized spacial score (nSPS) is 14.6. The van der Waals surface area contributed by atoms with Gasteiger partial charge in [-0.15, -0.1) is 0 Å². The zero-order valence-electron chi connectivity index (χ0n) is 15.3. The first kappa shape index (κ1) is 21.0. The molecule has 0 saturated carbocycles. The predicted octanol–water partition coefficient (Wildman–Crippen LogP) is 3.72. The van der Waals surface area contributed by atoms with Crippen molar-refractivity contribution in [1.82, 2.24) is 9.80 Å². The van der Waals surface area contributed by atoms with Crippen molar-refractivity contribution in [2.75, 3.05) is 32.8 Å². The lowest BCUT2D eigenvalue weighted by Gasteiger charge is -2.34. The van der Waals surface area contributed by atoms with E-state index in [0.29, 0.717) is 37.0 Å². The van der Waals surface area contributed by atoms with Gasteiger partial charge in [0.1, 0.15) is 5.75 Å². The molecule has 1 fully saturated rings. The molecule has 29 heavy (non-hydrogen) atoms. The maximum absolute atomic E-state index is 12.6. The standard InChI is InChI=1S/C20H18ClF3N2O3/c21-16-2-1-3-17(12-16)29-13-18(27)25-8-10-26(11-9-25)19(28)14-4-6-15(7-5-14)20(22,23)24/h1-7,12H,8-11,13H2. The van der Waals surface area contributed by atoms with Gasteiger partial charge in [0.25, 0.3) is 11.8 Å². The molecule has 9 heteroatoms. The highest BCUT2D eigenvalue weighted by atomic mass is 35.5. The second kappa shape index (κ2) is 8.73. The lowest BCUT2D eigenvalue weighted by atomic mass is 10.1. The summed E-state index contributed by atoms with van der Waals surface area (Å²) in [5, 5.41) is 0.505. The summed E-state index contributed by atoms with van der Waals surface area (Å²) >= 11 is 5.87. The molecule has 154 valence electrons. The first-order valence-electron chi connectivity index (χ1n) is 8.87. The fourth-order valence-electron chi connectivity index (χ4n) is 2.94. The lowest BCUT2D eigenvalue weighted by Crippen LogP contribution is -2.51. The number of hydrogen-bond acceptors (Lipinski definition) is 3. The Morgan fingerprint density at radius 1 is 0.966 bits per heavy atom. The van der Waals surface area contributed by atoms with Crippen LogP contribution >= 0.6 is 11.6 Å². The summed E-state index contributed by atoms with van der Waals surface area (Å²) in [5.41, 5.74) is -0.619. The van der Waals surface area contributed by atoms with Gasteiger partial charge >= 0.3 is 6.18 Å². The Morgan fingerprint density at radius 2 is 1.59 bits per heavy atom. The van der Waals surface area contributed by atoms with Crippen molar-refractivity contribution >= 4 is 23.4 Å². The van der Waals surface area contributed by atoms with E-state index in [4.69, 9.17) is 16.3 Å². The van der Waals surface area contributed by atoms with Crippen molar-refractivity contribution < 1.29 is 27.5 Å². The molecule has 2 aromatic rings. The topological polar surface area (TPSA) is 49.9 Å². The van der Waals surface area contributed by atoms with Gasteiger partial charge < -0.3 is 14.5 Å². The molecule has 0 aromatic heterocycles. The summed E-state index contributed by atoms with van der Waals surface area (Å²) < 4.78 is 43.3. The zero-order valence-corrected chi connectivity index (χ0v) is 16.0. The van der Waals surface area contributed by atoms with Crippen LogP contribution < -0.4 is 4.74 Å². The van der Waals surface area contributed by atoms with E-state index < -0.39 is 11.7 Å². The van der Waals surface area contributed by atoms with E-state index in [1.807, 2.05) is 0 Å². The number of rotatable bonds is 4. The van der Waals surface area contributed by atoms with Gasteiger partial charge in [0.2, 0.25) is 0 Å². The van der Waals surface area contributed by atoms with E-state index in [1.54, 1.807) is 29.2 Å². The minimum atomic E-state index is -4.44. The number of halogens is 4. The molecular formula is C20H18ClF3N2O3. The van der Waals surface area contributed by atoms with Gasteiger partial charge in [-0.1, -0.05) is 17.7 Å². The highest BCUT2D eigenvalue weighted by Crippen LogP contribution is 2.29. The average Bonchev–Trinajstić information content (AvgIpc) is 2.71. The fraction of sp³-hybridized carbons (Fsp3) is 0.300. The Morgan fingerprint density at radius 3 is 2.17 bits per heavy atom. The van der Waals surface area contributed by atoms with Crippen LogP contribution in [-0.4, -0.2) is 54.4 Å². The van der Waals surface area contributed by atoms with E-state index in [1.165, 1.54) is 17.0 Å². The van der Waals surface area contributed by atoms with Crippen LogP contribution in [0.3, 0.4) is 0 Å². The molecule has 1 heterocycles. The third-order valence-electron chi connectivity index (χ3n) is 4.54. The smallest absolute Gasteiger partial charge is 0.416 e. The first-order chi connectivity index (χ1) is 13.7. The van der Waals surface area contributed by atoms with Crippen LogP contribution in [0.2, 0.25) is 5.02 Å². The van der Waals surface area contributed by atoms with Crippen LogP contribution in [0.4, 0.5) is 13.2 Å². The third-order valence-corrected chi connectivity index (χ3v) is 4.77. The van der Waals surface area contributed by atoms with E-state index in [0.717, 1.165) is 12.1 Å². The molecule has 1 saturated heterocycles. The molecule has 3 rings (SSSR count). The summed E-state index contributed by atoms with van der Waals surface area (Å²) in [7, 11) is 0. The van der Waals surface area contributed by atoms with E-state index in [2.05, 4.69) is 0 Å². The maximum Gasteiger partial charge on any atom is 0.416 e. The number of carbonyl (C=O) groups is 2. The maximum atomic E-state index is 12.6. The Hall–Kier alpha value is -2.74.